The van der Waals surface area contributed by atoms with E-state index in [0.29, 0.717) is 23.7 Å². The van der Waals surface area contributed by atoms with Gasteiger partial charge >= 0.3 is 6.01 Å². The van der Waals surface area contributed by atoms with E-state index in [9.17, 15) is 4.79 Å². The minimum absolute atomic E-state index is 0.0472. The van der Waals surface area contributed by atoms with Crippen LogP contribution < -0.4 is 4.74 Å². The molecule has 2 aromatic heterocycles. The lowest BCUT2D eigenvalue weighted by Gasteiger charge is -2.32. The fourth-order valence-electron chi connectivity index (χ4n) is 2.28. The molecule has 0 radical (unpaired) electrons. The Morgan fingerprint density at radius 2 is 2.19 bits per heavy atom. The molecular formula is C13H14ClN5O2. The summed E-state index contributed by atoms with van der Waals surface area (Å²) in [5, 5.41) is 6.90. The van der Waals surface area contributed by atoms with E-state index in [0.717, 1.165) is 12.8 Å². The molecule has 1 aliphatic heterocycles. The van der Waals surface area contributed by atoms with Gasteiger partial charge in [0, 0.05) is 12.7 Å². The molecule has 1 atom stereocenters. The van der Waals surface area contributed by atoms with Gasteiger partial charge in [-0.25, -0.2) is 9.97 Å². The van der Waals surface area contributed by atoms with Gasteiger partial charge in [0.05, 0.1) is 35.7 Å². The smallest absolute Gasteiger partial charge is 0.316 e. The standard InChI is InChI=1S/C13H14ClN5O2/c14-10-6-15-13(16-7-10)21-11-2-1-3-19(8-11)12(20)9-4-17-18-5-9/h4-7,11H,1-3,8H2,(H,17,18). The zero-order valence-electron chi connectivity index (χ0n) is 11.2. The summed E-state index contributed by atoms with van der Waals surface area (Å²) in [6.45, 7) is 1.22. The van der Waals surface area contributed by atoms with Crippen LogP contribution in [0.25, 0.3) is 0 Å². The van der Waals surface area contributed by atoms with Gasteiger partial charge in [-0.1, -0.05) is 11.6 Å². The van der Waals surface area contributed by atoms with E-state index >= 15 is 0 Å². The van der Waals surface area contributed by atoms with Crippen molar-refractivity contribution in [3.63, 3.8) is 0 Å². The first-order valence-corrected chi connectivity index (χ1v) is 7.02. The molecule has 1 aliphatic rings. The summed E-state index contributed by atoms with van der Waals surface area (Å²) in [5.74, 6) is -0.0472. The molecule has 3 heterocycles. The largest absolute Gasteiger partial charge is 0.458 e. The highest BCUT2D eigenvalue weighted by atomic mass is 35.5. The third-order valence-electron chi connectivity index (χ3n) is 3.28. The van der Waals surface area contributed by atoms with Gasteiger partial charge in [-0.15, -0.1) is 0 Å². The maximum absolute atomic E-state index is 12.3. The molecule has 0 spiro atoms. The molecule has 8 heteroatoms. The molecule has 1 N–H and O–H groups in total. The average molecular weight is 308 g/mol. The van der Waals surface area contributed by atoms with E-state index in [1.165, 1.54) is 18.6 Å². The molecule has 1 fully saturated rings. The number of likely N-dealkylation sites (tertiary alicyclic amines) is 1. The monoisotopic (exact) mass is 307 g/mol. The fourth-order valence-corrected chi connectivity index (χ4v) is 2.38. The SMILES string of the molecule is O=C(c1cn[nH]c1)N1CCCC(Oc2ncc(Cl)cn2)C1. The van der Waals surface area contributed by atoms with Crippen LogP contribution in [-0.4, -0.2) is 50.2 Å². The molecule has 0 bridgehead atoms. The number of nitrogens with one attached hydrogen (secondary N) is 1. The summed E-state index contributed by atoms with van der Waals surface area (Å²) in [7, 11) is 0. The zero-order valence-corrected chi connectivity index (χ0v) is 12.0. The zero-order chi connectivity index (χ0) is 14.7. The molecule has 1 saturated heterocycles. The number of aromatic amines is 1. The van der Waals surface area contributed by atoms with Crippen LogP contribution in [0.15, 0.2) is 24.8 Å². The first-order chi connectivity index (χ1) is 10.2. The summed E-state index contributed by atoms with van der Waals surface area (Å²) >= 11 is 5.73. The average Bonchev–Trinajstić information content (AvgIpc) is 3.03. The first-order valence-electron chi connectivity index (χ1n) is 6.64. The molecule has 0 aromatic carbocycles. The Kier molecular flexibility index (Phi) is 4.01. The molecule has 1 unspecified atom stereocenters. The van der Waals surface area contributed by atoms with E-state index in [1.807, 2.05) is 0 Å². The summed E-state index contributed by atoms with van der Waals surface area (Å²) in [6, 6.07) is 0.280. The highest BCUT2D eigenvalue weighted by Gasteiger charge is 2.26. The van der Waals surface area contributed by atoms with Crippen LogP contribution in [0.1, 0.15) is 23.2 Å². The van der Waals surface area contributed by atoms with Crippen molar-refractivity contribution < 1.29 is 9.53 Å². The van der Waals surface area contributed by atoms with Crippen molar-refractivity contribution >= 4 is 17.5 Å². The Morgan fingerprint density at radius 3 is 2.90 bits per heavy atom. The molecule has 7 nitrogen and oxygen atoms in total. The first kappa shape index (κ1) is 13.8. The molecule has 0 aliphatic carbocycles. The van der Waals surface area contributed by atoms with Gasteiger partial charge in [-0.3, -0.25) is 9.89 Å². The van der Waals surface area contributed by atoms with Gasteiger partial charge in [-0.05, 0) is 12.8 Å². The lowest BCUT2D eigenvalue weighted by Crippen LogP contribution is -2.44. The normalized spacial score (nSPS) is 18.5. The van der Waals surface area contributed by atoms with Gasteiger partial charge in [0.25, 0.3) is 5.91 Å². The second-order valence-electron chi connectivity index (χ2n) is 4.80. The van der Waals surface area contributed by atoms with Crippen molar-refractivity contribution in [2.45, 2.75) is 18.9 Å². The maximum Gasteiger partial charge on any atom is 0.316 e. The van der Waals surface area contributed by atoms with Crippen LogP contribution in [-0.2, 0) is 0 Å². The molecular weight excluding hydrogens is 294 g/mol. The number of nitrogens with zero attached hydrogens (tertiary/aromatic N) is 4. The number of piperidine rings is 1. The highest BCUT2D eigenvalue weighted by Crippen LogP contribution is 2.17. The van der Waals surface area contributed by atoms with Crippen molar-refractivity contribution in [2.24, 2.45) is 0 Å². The Bertz CT molecular complexity index is 602. The van der Waals surface area contributed by atoms with E-state index in [2.05, 4.69) is 20.2 Å². The number of hydrogen-bond donors (Lipinski definition) is 1. The molecule has 21 heavy (non-hydrogen) atoms. The topological polar surface area (TPSA) is 84.0 Å². The van der Waals surface area contributed by atoms with Crippen LogP contribution in [0, 0.1) is 0 Å². The number of ether oxygens (including phenoxy) is 1. The van der Waals surface area contributed by atoms with Crippen LogP contribution in [0.5, 0.6) is 6.01 Å². The van der Waals surface area contributed by atoms with Crippen molar-refractivity contribution in [1.29, 1.82) is 0 Å². The van der Waals surface area contributed by atoms with Crippen LogP contribution in [0.4, 0.5) is 0 Å². The molecule has 2 aromatic rings. The third kappa shape index (κ3) is 3.30. The lowest BCUT2D eigenvalue weighted by atomic mass is 10.1. The lowest BCUT2D eigenvalue weighted by molar-refractivity contribution is 0.0516. The number of halogens is 1. The third-order valence-corrected chi connectivity index (χ3v) is 3.47. The number of carbonyl (C=O) groups is 1. The van der Waals surface area contributed by atoms with Crippen molar-refractivity contribution in [2.75, 3.05) is 13.1 Å². The molecule has 0 saturated carbocycles. The predicted octanol–water partition coefficient (Wildman–Crippen LogP) is 1.54. The summed E-state index contributed by atoms with van der Waals surface area (Å²) in [5.41, 5.74) is 0.554. The van der Waals surface area contributed by atoms with Gasteiger partial charge < -0.3 is 9.64 Å². The van der Waals surface area contributed by atoms with Crippen LogP contribution in [0.2, 0.25) is 5.02 Å². The Balaban J connectivity index is 1.63. The minimum atomic E-state index is -0.115. The van der Waals surface area contributed by atoms with E-state index in [-0.39, 0.29) is 18.0 Å². The number of carbonyl (C=O) groups excluding carboxylic acids is 1. The summed E-state index contributed by atoms with van der Waals surface area (Å²) in [4.78, 5) is 22.0. The van der Waals surface area contributed by atoms with Gasteiger partial charge in [0.15, 0.2) is 0 Å². The van der Waals surface area contributed by atoms with Gasteiger partial charge in [-0.2, -0.15) is 5.10 Å². The number of aromatic nitrogens is 4. The summed E-state index contributed by atoms with van der Waals surface area (Å²) in [6.07, 6.45) is 7.71. The maximum atomic E-state index is 12.3. The van der Waals surface area contributed by atoms with E-state index in [1.54, 1.807) is 11.1 Å². The van der Waals surface area contributed by atoms with E-state index < -0.39 is 0 Å². The van der Waals surface area contributed by atoms with Gasteiger partial charge in [0.1, 0.15) is 6.10 Å². The number of hydrogen-bond acceptors (Lipinski definition) is 5. The second kappa shape index (κ2) is 6.09. The minimum Gasteiger partial charge on any atom is -0.458 e. The van der Waals surface area contributed by atoms with Crippen molar-refractivity contribution in [3.8, 4) is 6.01 Å². The number of amides is 1. The van der Waals surface area contributed by atoms with Crippen molar-refractivity contribution in [1.82, 2.24) is 25.1 Å². The highest BCUT2D eigenvalue weighted by molar-refractivity contribution is 6.30. The molecule has 110 valence electrons. The fraction of sp³-hybridized carbons (Fsp3) is 0.385. The van der Waals surface area contributed by atoms with Crippen LogP contribution in [0.3, 0.4) is 0 Å². The Hall–Kier alpha value is -2.15. The Morgan fingerprint density at radius 1 is 1.38 bits per heavy atom. The van der Waals surface area contributed by atoms with Crippen LogP contribution >= 0.6 is 11.6 Å². The predicted molar refractivity (Wildman–Crippen MR) is 75.2 cm³/mol. The molecule has 1 amide bonds. The quantitative estimate of drug-likeness (QED) is 0.929. The number of rotatable bonds is 3. The number of H-pyrrole nitrogens is 1. The summed E-state index contributed by atoms with van der Waals surface area (Å²) < 4.78 is 5.71. The van der Waals surface area contributed by atoms with Crippen molar-refractivity contribution in [3.05, 3.63) is 35.4 Å². The van der Waals surface area contributed by atoms with Gasteiger partial charge in [0.2, 0.25) is 0 Å². The Labute approximate surface area is 126 Å². The second-order valence-corrected chi connectivity index (χ2v) is 5.24. The van der Waals surface area contributed by atoms with E-state index in [4.69, 9.17) is 16.3 Å². The molecule has 3 rings (SSSR count).